The first-order valence-corrected chi connectivity index (χ1v) is 6.90. The number of hydrogen-bond donors (Lipinski definition) is 2. The van der Waals surface area contributed by atoms with Gasteiger partial charge in [0.25, 0.3) is 0 Å². The molecule has 2 atom stereocenters. The third-order valence-electron chi connectivity index (χ3n) is 2.84. The Kier molecular flexibility index (Phi) is 5.15. The van der Waals surface area contributed by atoms with Gasteiger partial charge in [-0.1, -0.05) is 13.3 Å². The van der Waals surface area contributed by atoms with Crippen LogP contribution in [-0.2, 0) is 4.79 Å². The van der Waals surface area contributed by atoms with Crippen LogP contribution in [0.15, 0.2) is 6.07 Å². The molecule has 96 valence electrons. The van der Waals surface area contributed by atoms with Crippen molar-refractivity contribution in [1.29, 1.82) is 0 Å². The van der Waals surface area contributed by atoms with Crippen molar-refractivity contribution in [3.63, 3.8) is 0 Å². The second-order valence-corrected chi connectivity index (χ2v) is 5.95. The van der Waals surface area contributed by atoms with E-state index in [0.717, 1.165) is 12.8 Å². The summed E-state index contributed by atoms with van der Waals surface area (Å²) in [5.41, 5.74) is 6.99. The van der Waals surface area contributed by atoms with Gasteiger partial charge < -0.3 is 11.1 Å². The van der Waals surface area contributed by atoms with Crippen LogP contribution in [-0.4, -0.2) is 11.9 Å². The molecule has 0 radical (unpaired) electrons. The number of nitrogens with one attached hydrogen (secondary N) is 1. The normalized spacial score (nSPS) is 14.4. The summed E-state index contributed by atoms with van der Waals surface area (Å²) < 4.78 is 0. The Hall–Kier alpha value is -0.870. The van der Waals surface area contributed by atoms with Gasteiger partial charge in [-0.3, -0.25) is 4.79 Å². The van der Waals surface area contributed by atoms with Crippen molar-refractivity contribution in [3.8, 4) is 0 Å². The average molecular weight is 254 g/mol. The van der Waals surface area contributed by atoms with Gasteiger partial charge in [0.05, 0.1) is 12.1 Å². The van der Waals surface area contributed by atoms with Gasteiger partial charge in [-0.05, 0) is 38.8 Å². The lowest BCUT2D eigenvalue weighted by Crippen LogP contribution is -2.41. The highest BCUT2D eigenvalue weighted by Gasteiger charge is 2.17. The van der Waals surface area contributed by atoms with Crippen molar-refractivity contribution in [2.45, 2.75) is 52.6 Å². The summed E-state index contributed by atoms with van der Waals surface area (Å²) in [6.07, 6.45) is 1.67. The number of carbonyl (C=O) groups is 1. The second kappa shape index (κ2) is 6.17. The Morgan fingerprint density at radius 2 is 2.18 bits per heavy atom. The Labute approximate surface area is 107 Å². The molecule has 0 aromatic carbocycles. The van der Waals surface area contributed by atoms with E-state index in [4.69, 9.17) is 5.73 Å². The first-order valence-electron chi connectivity index (χ1n) is 6.08. The quantitative estimate of drug-likeness (QED) is 0.848. The van der Waals surface area contributed by atoms with Crippen molar-refractivity contribution >= 4 is 17.2 Å². The molecule has 0 aliphatic heterocycles. The van der Waals surface area contributed by atoms with Crippen molar-refractivity contribution < 1.29 is 4.79 Å². The number of rotatable bonds is 5. The van der Waals surface area contributed by atoms with Gasteiger partial charge in [-0.15, -0.1) is 11.3 Å². The molecule has 1 aromatic rings. The third kappa shape index (κ3) is 3.82. The number of amides is 1. The van der Waals surface area contributed by atoms with Crippen LogP contribution in [0.1, 0.15) is 48.0 Å². The predicted molar refractivity (Wildman–Crippen MR) is 73.2 cm³/mol. The predicted octanol–water partition coefficient (Wildman–Crippen LogP) is 2.67. The Bertz CT molecular complexity index is 387. The summed E-state index contributed by atoms with van der Waals surface area (Å²) in [6, 6.07) is 1.79. The minimum atomic E-state index is -0.387. The van der Waals surface area contributed by atoms with E-state index < -0.39 is 0 Å². The Balaban J connectivity index is 2.63. The minimum Gasteiger partial charge on any atom is -0.348 e. The van der Waals surface area contributed by atoms with Gasteiger partial charge in [0.2, 0.25) is 5.91 Å². The molecule has 3 N–H and O–H groups in total. The van der Waals surface area contributed by atoms with Crippen molar-refractivity contribution in [2.75, 3.05) is 0 Å². The van der Waals surface area contributed by atoms with E-state index in [1.165, 1.54) is 15.3 Å². The highest BCUT2D eigenvalue weighted by atomic mass is 32.1. The first-order chi connectivity index (χ1) is 7.95. The van der Waals surface area contributed by atoms with Gasteiger partial charge in [0.1, 0.15) is 0 Å². The molecular formula is C13H22N2OS. The van der Waals surface area contributed by atoms with Gasteiger partial charge in [-0.25, -0.2) is 0 Å². The summed E-state index contributed by atoms with van der Waals surface area (Å²) >= 11 is 1.76. The molecule has 0 spiro atoms. The standard InChI is InChI=1S/C13H22N2OS/c1-5-6-12(14)13(16)15-9(3)11-7-8(2)17-10(11)4/h7,9,12H,5-6,14H2,1-4H3,(H,15,16)/t9-,12-/m0/s1. The maximum absolute atomic E-state index is 11.8. The fourth-order valence-electron chi connectivity index (χ4n) is 1.92. The molecule has 0 unspecified atom stereocenters. The van der Waals surface area contributed by atoms with E-state index in [0.29, 0.717) is 0 Å². The molecule has 3 nitrogen and oxygen atoms in total. The lowest BCUT2D eigenvalue weighted by atomic mass is 10.1. The Morgan fingerprint density at radius 1 is 1.53 bits per heavy atom. The molecule has 1 heterocycles. The molecule has 0 aliphatic rings. The van der Waals surface area contributed by atoms with Crippen LogP contribution < -0.4 is 11.1 Å². The highest BCUT2D eigenvalue weighted by Crippen LogP contribution is 2.26. The summed E-state index contributed by atoms with van der Waals surface area (Å²) in [5, 5.41) is 2.98. The fourth-order valence-corrected chi connectivity index (χ4v) is 2.94. The summed E-state index contributed by atoms with van der Waals surface area (Å²) in [4.78, 5) is 14.3. The lowest BCUT2D eigenvalue weighted by molar-refractivity contribution is -0.123. The molecule has 4 heteroatoms. The lowest BCUT2D eigenvalue weighted by Gasteiger charge is -2.17. The minimum absolute atomic E-state index is 0.0374. The molecule has 1 aromatic heterocycles. The summed E-state index contributed by atoms with van der Waals surface area (Å²) in [6.45, 7) is 8.20. The van der Waals surface area contributed by atoms with Crippen LogP contribution in [0.3, 0.4) is 0 Å². The van der Waals surface area contributed by atoms with Crippen LogP contribution in [0.25, 0.3) is 0 Å². The van der Waals surface area contributed by atoms with Gasteiger partial charge in [0.15, 0.2) is 0 Å². The fraction of sp³-hybridized carbons (Fsp3) is 0.615. The van der Waals surface area contributed by atoms with E-state index in [2.05, 4.69) is 25.2 Å². The maximum Gasteiger partial charge on any atom is 0.237 e. The van der Waals surface area contributed by atoms with Gasteiger partial charge in [-0.2, -0.15) is 0 Å². The van der Waals surface area contributed by atoms with Crippen LogP contribution in [0.5, 0.6) is 0 Å². The maximum atomic E-state index is 11.8. The van der Waals surface area contributed by atoms with E-state index >= 15 is 0 Å². The summed E-state index contributed by atoms with van der Waals surface area (Å²) in [7, 11) is 0. The van der Waals surface area contributed by atoms with Crippen LogP contribution in [0.2, 0.25) is 0 Å². The van der Waals surface area contributed by atoms with Crippen LogP contribution >= 0.6 is 11.3 Å². The second-order valence-electron chi connectivity index (χ2n) is 4.49. The number of thiophene rings is 1. The zero-order chi connectivity index (χ0) is 13.0. The van der Waals surface area contributed by atoms with Crippen molar-refractivity contribution in [1.82, 2.24) is 5.32 Å². The van der Waals surface area contributed by atoms with E-state index in [1.54, 1.807) is 11.3 Å². The monoisotopic (exact) mass is 254 g/mol. The summed E-state index contributed by atoms with van der Waals surface area (Å²) in [5.74, 6) is -0.0531. The topological polar surface area (TPSA) is 55.1 Å². The third-order valence-corrected chi connectivity index (χ3v) is 3.82. The zero-order valence-electron chi connectivity index (χ0n) is 11.0. The number of carbonyl (C=O) groups excluding carboxylic acids is 1. The SMILES string of the molecule is CCC[C@H](N)C(=O)N[C@@H](C)c1cc(C)sc1C. The Morgan fingerprint density at radius 3 is 2.65 bits per heavy atom. The molecule has 17 heavy (non-hydrogen) atoms. The molecular weight excluding hydrogens is 232 g/mol. The first kappa shape index (κ1) is 14.2. The number of aryl methyl sites for hydroxylation is 2. The molecule has 0 aliphatic carbocycles. The molecule has 0 saturated carbocycles. The van der Waals surface area contributed by atoms with Gasteiger partial charge >= 0.3 is 0 Å². The van der Waals surface area contributed by atoms with E-state index in [9.17, 15) is 4.79 Å². The van der Waals surface area contributed by atoms with Crippen LogP contribution in [0.4, 0.5) is 0 Å². The zero-order valence-corrected chi connectivity index (χ0v) is 11.9. The largest absolute Gasteiger partial charge is 0.348 e. The van der Waals surface area contributed by atoms with Crippen LogP contribution in [0, 0.1) is 13.8 Å². The average Bonchev–Trinajstić information content (AvgIpc) is 2.58. The van der Waals surface area contributed by atoms with Crippen molar-refractivity contribution in [3.05, 3.63) is 21.4 Å². The number of hydrogen-bond acceptors (Lipinski definition) is 3. The molecule has 0 saturated heterocycles. The molecule has 1 amide bonds. The molecule has 0 bridgehead atoms. The van der Waals surface area contributed by atoms with Gasteiger partial charge in [0, 0.05) is 9.75 Å². The number of nitrogens with two attached hydrogens (primary N) is 1. The van der Waals surface area contributed by atoms with Crippen molar-refractivity contribution in [2.24, 2.45) is 5.73 Å². The molecule has 1 rings (SSSR count). The molecule has 0 fully saturated rings. The van der Waals surface area contributed by atoms with E-state index in [-0.39, 0.29) is 18.0 Å². The smallest absolute Gasteiger partial charge is 0.237 e. The highest BCUT2D eigenvalue weighted by molar-refractivity contribution is 7.12. The van der Waals surface area contributed by atoms with E-state index in [1.807, 2.05) is 13.8 Å².